The van der Waals surface area contributed by atoms with Gasteiger partial charge in [0.15, 0.2) is 0 Å². The topological polar surface area (TPSA) is 63.1 Å². The van der Waals surface area contributed by atoms with Crippen LogP contribution in [0, 0.1) is 6.92 Å². The summed E-state index contributed by atoms with van der Waals surface area (Å²) < 4.78 is 0. The molecular weight excluding hydrogens is 232 g/mol. The normalized spacial score (nSPS) is 10.8. The Bertz CT molecular complexity index is 536. The number of carboxylic acids is 1. The van der Waals surface area contributed by atoms with E-state index in [-0.39, 0.29) is 0 Å². The van der Waals surface area contributed by atoms with Crippen molar-refractivity contribution in [2.75, 3.05) is 6.26 Å². The van der Waals surface area contributed by atoms with Crippen LogP contribution in [0.5, 0.6) is 0 Å². The maximum Gasteiger partial charge on any atom is 0.346 e. The molecule has 0 amide bonds. The summed E-state index contributed by atoms with van der Waals surface area (Å²) >= 11 is 2.70. The Hall–Kier alpha value is -1.14. The van der Waals surface area contributed by atoms with Gasteiger partial charge in [0, 0.05) is 5.39 Å². The van der Waals surface area contributed by atoms with E-state index in [0.717, 1.165) is 20.8 Å². The van der Waals surface area contributed by atoms with E-state index in [4.69, 9.17) is 5.11 Å². The van der Waals surface area contributed by atoms with Crippen molar-refractivity contribution < 1.29 is 9.90 Å². The van der Waals surface area contributed by atoms with Crippen LogP contribution in [0.1, 0.15) is 15.2 Å². The smallest absolute Gasteiger partial charge is 0.346 e. The number of aromatic carboxylic acids is 1. The predicted molar refractivity (Wildman–Crippen MR) is 60.9 cm³/mol. The van der Waals surface area contributed by atoms with Gasteiger partial charge in [0.25, 0.3) is 0 Å². The fourth-order valence-electron chi connectivity index (χ4n) is 1.40. The molecule has 0 fully saturated rings. The Morgan fingerprint density at radius 2 is 2.27 bits per heavy atom. The minimum absolute atomic E-state index is 0.348. The Morgan fingerprint density at radius 1 is 1.53 bits per heavy atom. The van der Waals surface area contributed by atoms with Gasteiger partial charge >= 0.3 is 5.97 Å². The molecule has 0 spiro atoms. The van der Waals surface area contributed by atoms with Crippen LogP contribution in [0.3, 0.4) is 0 Å². The van der Waals surface area contributed by atoms with Gasteiger partial charge in [-0.2, -0.15) is 0 Å². The molecule has 2 heterocycles. The first-order chi connectivity index (χ1) is 7.15. The fraction of sp³-hybridized carbons (Fsp3) is 0.222. The Balaban J connectivity index is 2.82. The second-order valence-electron chi connectivity index (χ2n) is 2.92. The molecule has 0 bridgehead atoms. The van der Waals surface area contributed by atoms with E-state index in [1.807, 2.05) is 6.26 Å². The van der Waals surface area contributed by atoms with Crippen molar-refractivity contribution in [3.8, 4) is 0 Å². The van der Waals surface area contributed by atoms with Crippen molar-refractivity contribution in [3.63, 3.8) is 0 Å². The lowest BCUT2D eigenvalue weighted by Crippen LogP contribution is -1.94. The molecule has 0 aliphatic rings. The van der Waals surface area contributed by atoms with Crippen LogP contribution in [0.25, 0.3) is 10.2 Å². The SMILES string of the molecule is CSc1ncnc2sc(C(=O)O)c(C)c12. The molecule has 0 atom stereocenters. The van der Waals surface area contributed by atoms with E-state index in [9.17, 15) is 4.79 Å². The highest BCUT2D eigenvalue weighted by Crippen LogP contribution is 2.33. The molecule has 4 nitrogen and oxygen atoms in total. The molecule has 78 valence electrons. The van der Waals surface area contributed by atoms with Gasteiger partial charge < -0.3 is 5.11 Å². The standard InChI is InChI=1S/C9H8N2O2S2/c1-4-5-7(14-2)10-3-11-8(5)15-6(4)9(12)13/h3H,1-2H3,(H,12,13). The van der Waals surface area contributed by atoms with Crippen molar-refractivity contribution in [1.82, 2.24) is 9.97 Å². The summed E-state index contributed by atoms with van der Waals surface area (Å²) in [7, 11) is 0. The van der Waals surface area contributed by atoms with Crippen molar-refractivity contribution in [1.29, 1.82) is 0 Å². The molecule has 2 aromatic heterocycles. The average molecular weight is 240 g/mol. The number of rotatable bonds is 2. The molecule has 0 saturated heterocycles. The molecule has 2 rings (SSSR count). The second kappa shape index (κ2) is 3.79. The number of nitrogens with zero attached hydrogens (tertiary/aromatic N) is 2. The van der Waals surface area contributed by atoms with Gasteiger partial charge in [0.2, 0.25) is 0 Å². The number of aromatic nitrogens is 2. The number of carbonyl (C=O) groups is 1. The highest BCUT2D eigenvalue weighted by Gasteiger charge is 2.17. The zero-order chi connectivity index (χ0) is 11.0. The largest absolute Gasteiger partial charge is 0.477 e. The Morgan fingerprint density at radius 3 is 2.87 bits per heavy atom. The monoisotopic (exact) mass is 240 g/mol. The molecule has 1 N–H and O–H groups in total. The van der Waals surface area contributed by atoms with Crippen LogP contribution in [-0.4, -0.2) is 27.3 Å². The number of hydrogen-bond donors (Lipinski definition) is 1. The molecular formula is C9H8N2O2S2. The number of hydrogen-bond acceptors (Lipinski definition) is 5. The average Bonchev–Trinajstić information content (AvgIpc) is 2.56. The maximum atomic E-state index is 10.9. The summed E-state index contributed by atoms with van der Waals surface area (Å²) in [5.41, 5.74) is 0.757. The minimum Gasteiger partial charge on any atom is -0.477 e. The second-order valence-corrected chi connectivity index (χ2v) is 4.72. The highest BCUT2D eigenvalue weighted by molar-refractivity contribution is 7.98. The van der Waals surface area contributed by atoms with Crippen LogP contribution < -0.4 is 0 Å². The van der Waals surface area contributed by atoms with E-state index in [2.05, 4.69) is 9.97 Å². The zero-order valence-electron chi connectivity index (χ0n) is 8.14. The number of aryl methyl sites for hydroxylation is 1. The van der Waals surface area contributed by atoms with Crippen LogP contribution in [0.2, 0.25) is 0 Å². The Labute approximate surface area is 94.4 Å². The summed E-state index contributed by atoms with van der Waals surface area (Å²) in [4.78, 5) is 20.2. The summed E-state index contributed by atoms with van der Waals surface area (Å²) in [6.45, 7) is 1.80. The lowest BCUT2D eigenvalue weighted by Gasteiger charge is -1.97. The number of thioether (sulfide) groups is 1. The number of fused-ring (bicyclic) bond motifs is 1. The predicted octanol–water partition coefficient (Wildman–Crippen LogP) is 2.42. The van der Waals surface area contributed by atoms with Gasteiger partial charge in [-0.3, -0.25) is 0 Å². The third-order valence-corrected chi connectivity index (χ3v) is 3.96. The third kappa shape index (κ3) is 1.59. The first-order valence-electron chi connectivity index (χ1n) is 4.16. The first-order valence-corrected chi connectivity index (χ1v) is 6.20. The fourth-order valence-corrected chi connectivity index (χ4v) is 3.06. The van der Waals surface area contributed by atoms with Gasteiger partial charge in [0.05, 0.1) is 0 Å². The first kappa shape index (κ1) is 10.4. The molecule has 0 radical (unpaired) electrons. The minimum atomic E-state index is -0.900. The third-order valence-electron chi connectivity index (χ3n) is 2.08. The molecule has 0 aliphatic heterocycles. The van der Waals surface area contributed by atoms with E-state index < -0.39 is 5.97 Å². The summed E-state index contributed by atoms with van der Waals surface area (Å²) in [5.74, 6) is -0.900. The molecule has 0 aliphatic carbocycles. The molecule has 0 saturated carbocycles. The van der Waals surface area contributed by atoms with Gasteiger partial charge in [-0.05, 0) is 18.7 Å². The quantitative estimate of drug-likeness (QED) is 0.645. The maximum absolute atomic E-state index is 10.9. The van der Waals surface area contributed by atoms with Crippen LogP contribution in [0.15, 0.2) is 11.4 Å². The van der Waals surface area contributed by atoms with Gasteiger partial charge in [-0.15, -0.1) is 23.1 Å². The summed E-state index contributed by atoms with van der Waals surface area (Å²) in [5, 5.41) is 10.7. The van der Waals surface area contributed by atoms with E-state index in [0.29, 0.717) is 4.88 Å². The van der Waals surface area contributed by atoms with Gasteiger partial charge in [-0.1, -0.05) is 0 Å². The summed E-state index contributed by atoms with van der Waals surface area (Å²) in [6.07, 6.45) is 3.38. The highest BCUT2D eigenvalue weighted by atomic mass is 32.2. The summed E-state index contributed by atoms with van der Waals surface area (Å²) in [6, 6.07) is 0. The van der Waals surface area contributed by atoms with Crippen LogP contribution >= 0.6 is 23.1 Å². The van der Waals surface area contributed by atoms with Crippen molar-refractivity contribution >= 4 is 39.3 Å². The van der Waals surface area contributed by atoms with Crippen molar-refractivity contribution in [2.24, 2.45) is 0 Å². The molecule has 6 heteroatoms. The zero-order valence-corrected chi connectivity index (χ0v) is 9.78. The van der Waals surface area contributed by atoms with Crippen LogP contribution in [0.4, 0.5) is 0 Å². The Kier molecular flexibility index (Phi) is 2.62. The van der Waals surface area contributed by atoms with Gasteiger partial charge in [0.1, 0.15) is 21.1 Å². The van der Waals surface area contributed by atoms with E-state index >= 15 is 0 Å². The number of carboxylic acid groups (broad SMARTS) is 1. The molecule has 0 aromatic carbocycles. The van der Waals surface area contributed by atoms with Crippen molar-refractivity contribution in [3.05, 3.63) is 16.8 Å². The molecule has 15 heavy (non-hydrogen) atoms. The lowest BCUT2D eigenvalue weighted by molar-refractivity contribution is 0.0701. The van der Waals surface area contributed by atoms with Crippen LogP contribution in [-0.2, 0) is 0 Å². The van der Waals surface area contributed by atoms with Gasteiger partial charge in [-0.25, -0.2) is 14.8 Å². The molecule has 2 aromatic rings. The van der Waals surface area contributed by atoms with E-state index in [1.165, 1.54) is 29.4 Å². The van der Waals surface area contributed by atoms with E-state index in [1.54, 1.807) is 6.92 Å². The van der Waals surface area contributed by atoms with Crippen molar-refractivity contribution in [2.45, 2.75) is 11.9 Å². The number of thiophene rings is 1. The molecule has 0 unspecified atom stereocenters. The lowest BCUT2D eigenvalue weighted by atomic mass is 10.2.